The lowest BCUT2D eigenvalue weighted by molar-refractivity contribution is -0.128. The molecule has 4 nitrogen and oxygen atoms in total. The van der Waals surface area contributed by atoms with Crippen LogP contribution < -0.4 is 0 Å². The Kier molecular flexibility index (Phi) is 16.1. The van der Waals surface area contributed by atoms with E-state index in [1.165, 1.54) is 32.1 Å². The Bertz CT molecular complexity index is 427. The molecule has 0 heterocycles. The van der Waals surface area contributed by atoms with Crippen molar-refractivity contribution in [1.29, 1.82) is 0 Å². The maximum Gasteiger partial charge on any atom is 0.222 e. The number of rotatable bonds is 16. The van der Waals surface area contributed by atoms with Crippen molar-refractivity contribution in [2.45, 2.75) is 90.1 Å². The SMILES string of the molecule is CCCCCCCCC(O)CC=CC=CCC(=O)CCCC(=O)N(C)C. The van der Waals surface area contributed by atoms with Gasteiger partial charge in [-0.25, -0.2) is 0 Å². The van der Waals surface area contributed by atoms with Crippen LogP contribution in [0.4, 0.5) is 0 Å². The van der Waals surface area contributed by atoms with Crippen molar-refractivity contribution in [3.8, 4) is 0 Å². The second kappa shape index (κ2) is 17.0. The smallest absolute Gasteiger partial charge is 0.222 e. The molecule has 0 spiro atoms. The molecule has 0 radical (unpaired) electrons. The first kappa shape index (κ1) is 24.6. The summed E-state index contributed by atoms with van der Waals surface area (Å²) in [6.45, 7) is 2.22. The molecule has 0 bridgehead atoms. The first-order chi connectivity index (χ1) is 12.5. The predicted molar refractivity (Wildman–Crippen MR) is 109 cm³/mol. The number of carbonyl (C=O) groups excluding carboxylic acids is 2. The van der Waals surface area contributed by atoms with Gasteiger partial charge in [0.05, 0.1) is 6.10 Å². The maximum atomic E-state index is 11.7. The van der Waals surface area contributed by atoms with Crippen LogP contribution >= 0.6 is 0 Å². The summed E-state index contributed by atoms with van der Waals surface area (Å²) in [5, 5.41) is 9.92. The summed E-state index contributed by atoms with van der Waals surface area (Å²) in [5.74, 6) is 0.222. The van der Waals surface area contributed by atoms with Crippen molar-refractivity contribution in [3.05, 3.63) is 24.3 Å². The largest absolute Gasteiger partial charge is 0.393 e. The molecule has 150 valence electrons. The number of hydrogen-bond acceptors (Lipinski definition) is 3. The van der Waals surface area contributed by atoms with Crippen LogP contribution in [0.3, 0.4) is 0 Å². The molecule has 0 aromatic heterocycles. The fourth-order valence-electron chi connectivity index (χ4n) is 2.63. The first-order valence-electron chi connectivity index (χ1n) is 10.2. The van der Waals surface area contributed by atoms with Gasteiger partial charge in [0.25, 0.3) is 0 Å². The molecular formula is C22H39NO3. The number of allylic oxidation sites excluding steroid dienone is 3. The summed E-state index contributed by atoms with van der Waals surface area (Å²) in [6, 6.07) is 0. The molecule has 26 heavy (non-hydrogen) atoms. The number of ketones is 1. The first-order valence-corrected chi connectivity index (χ1v) is 10.2. The van der Waals surface area contributed by atoms with Crippen LogP contribution in [-0.2, 0) is 9.59 Å². The number of aliphatic hydroxyl groups is 1. The number of hydrogen-bond donors (Lipinski definition) is 1. The number of carbonyl (C=O) groups is 2. The van der Waals surface area contributed by atoms with E-state index in [2.05, 4.69) is 6.92 Å². The van der Waals surface area contributed by atoms with Crippen molar-refractivity contribution >= 4 is 11.7 Å². The molecule has 1 N–H and O–H groups in total. The highest BCUT2D eigenvalue weighted by molar-refractivity contribution is 5.81. The number of Topliss-reactive ketones (excluding diaryl/α,β-unsaturated/α-hetero) is 1. The van der Waals surface area contributed by atoms with E-state index < -0.39 is 0 Å². The molecule has 0 aliphatic heterocycles. The van der Waals surface area contributed by atoms with Crippen LogP contribution in [0.2, 0.25) is 0 Å². The second-order valence-electron chi connectivity index (χ2n) is 7.19. The molecular weight excluding hydrogens is 326 g/mol. The van der Waals surface area contributed by atoms with Crippen LogP contribution in [0.1, 0.15) is 84.0 Å². The van der Waals surface area contributed by atoms with Crippen molar-refractivity contribution in [2.75, 3.05) is 14.1 Å². The van der Waals surface area contributed by atoms with Gasteiger partial charge in [-0.05, 0) is 19.3 Å². The quantitative estimate of drug-likeness (QED) is 0.315. The van der Waals surface area contributed by atoms with Crippen LogP contribution in [0, 0.1) is 0 Å². The molecule has 0 saturated carbocycles. The average Bonchev–Trinajstić information content (AvgIpc) is 2.60. The van der Waals surface area contributed by atoms with Crippen molar-refractivity contribution in [2.24, 2.45) is 0 Å². The summed E-state index contributed by atoms with van der Waals surface area (Å²) in [6.07, 6.45) is 18.2. The van der Waals surface area contributed by atoms with Gasteiger partial charge >= 0.3 is 0 Å². The fourth-order valence-corrected chi connectivity index (χ4v) is 2.63. The Morgan fingerprint density at radius 1 is 0.923 bits per heavy atom. The highest BCUT2D eigenvalue weighted by atomic mass is 16.3. The zero-order valence-electron chi connectivity index (χ0n) is 17.1. The minimum Gasteiger partial charge on any atom is -0.393 e. The summed E-state index contributed by atoms with van der Waals surface area (Å²) >= 11 is 0. The van der Waals surface area contributed by atoms with Crippen LogP contribution in [0.25, 0.3) is 0 Å². The van der Waals surface area contributed by atoms with E-state index in [1.54, 1.807) is 19.0 Å². The zero-order chi connectivity index (χ0) is 19.6. The monoisotopic (exact) mass is 365 g/mol. The van der Waals surface area contributed by atoms with Gasteiger partial charge in [-0.15, -0.1) is 0 Å². The summed E-state index contributed by atoms with van der Waals surface area (Å²) in [4.78, 5) is 24.7. The van der Waals surface area contributed by atoms with E-state index in [9.17, 15) is 14.7 Å². The van der Waals surface area contributed by atoms with E-state index in [0.29, 0.717) is 32.1 Å². The normalized spacial score (nSPS) is 12.8. The molecule has 0 saturated heterocycles. The molecule has 4 heteroatoms. The van der Waals surface area contributed by atoms with Crippen molar-refractivity contribution in [3.63, 3.8) is 0 Å². The third kappa shape index (κ3) is 16.1. The highest BCUT2D eigenvalue weighted by Gasteiger charge is 2.05. The Balaban J connectivity index is 3.64. The van der Waals surface area contributed by atoms with Crippen LogP contribution in [0.15, 0.2) is 24.3 Å². The minimum atomic E-state index is -0.262. The number of amides is 1. The number of nitrogens with zero attached hydrogens (tertiary/aromatic N) is 1. The topological polar surface area (TPSA) is 57.6 Å². The van der Waals surface area contributed by atoms with Crippen LogP contribution in [0.5, 0.6) is 0 Å². The molecule has 0 aromatic carbocycles. The third-order valence-corrected chi connectivity index (χ3v) is 4.37. The molecule has 0 aliphatic carbocycles. The van der Waals surface area contributed by atoms with E-state index in [0.717, 1.165) is 12.8 Å². The third-order valence-electron chi connectivity index (χ3n) is 4.37. The molecule has 1 amide bonds. The van der Waals surface area contributed by atoms with Crippen molar-refractivity contribution < 1.29 is 14.7 Å². The molecule has 0 fully saturated rings. The van der Waals surface area contributed by atoms with Gasteiger partial charge in [0.1, 0.15) is 5.78 Å². The van der Waals surface area contributed by atoms with E-state index >= 15 is 0 Å². The standard InChI is InChI=1S/C22H39NO3/c1-4-5-6-7-8-11-15-20(24)16-12-9-10-13-17-21(25)18-14-19-22(26)23(2)3/h9-10,12-13,20,24H,4-8,11,14-19H2,1-3H3. The Hall–Kier alpha value is -1.42. The fraction of sp³-hybridized carbons (Fsp3) is 0.727. The van der Waals surface area contributed by atoms with Gasteiger partial charge in [0.15, 0.2) is 0 Å². The van der Waals surface area contributed by atoms with Gasteiger partial charge in [0.2, 0.25) is 5.91 Å². The Labute approximate surface area is 160 Å². The Morgan fingerprint density at radius 2 is 1.58 bits per heavy atom. The van der Waals surface area contributed by atoms with Gasteiger partial charge in [0, 0.05) is 33.4 Å². The van der Waals surface area contributed by atoms with Crippen LogP contribution in [-0.4, -0.2) is 41.9 Å². The zero-order valence-corrected chi connectivity index (χ0v) is 17.1. The summed E-state index contributed by atoms with van der Waals surface area (Å²) < 4.78 is 0. The summed E-state index contributed by atoms with van der Waals surface area (Å²) in [7, 11) is 3.45. The van der Waals surface area contributed by atoms with E-state index in [1.807, 2.05) is 24.3 Å². The second-order valence-corrected chi connectivity index (χ2v) is 7.19. The number of unbranched alkanes of at least 4 members (excludes halogenated alkanes) is 5. The minimum absolute atomic E-state index is 0.0655. The van der Waals surface area contributed by atoms with E-state index in [-0.39, 0.29) is 17.8 Å². The lowest BCUT2D eigenvalue weighted by Crippen LogP contribution is -2.21. The van der Waals surface area contributed by atoms with E-state index in [4.69, 9.17) is 0 Å². The lowest BCUT2D eigenvalue weighted by atomic mass is 10.1. The summed E-state index contributed by atoms with van der Waals surface area (Å²) in [5.41, 5.74) is 0. The average molecular weight is 366 g/mol. The predicted octanol–water partition coefficient (Wildman–Crippen LogP) is 4.82. The van der Waals surface area contributed by atoms with Gasteiger partial charge in [-0.3, -0.25) is 9.59 Å². The molecule has 0 rings (SSSR count). The van der Waals surface area contributed by atoms with Gasteiger partial charge in [-0.1, -0.05) is 69.8 Å². The Morgan fingerprint density at radius 3 is 2.27 bits per heavy atom. The lowest BCUT2D eigenvalue weighted by Gasteiger charge is -2.08. The molecule has 1 unspecified atom stereocenters. The molecule has 0 aliphatic rings. The maximum absolute atomic E-state index is 11.7. The van der Waals surface area contributed by atoms with Crippen molar-refractivity contribution in [1.82, 2.24) is 4.90 Å². The van der Waals surface area contributed by atoms with Gasteiger partial charge < -0.3 is 10.0 Å². The molecule has 1 atom stereocenters. The number of aliphatic hydroxyl groups excluding tert-OH is 1. The molecule has 0 aromatic rings. The van der Waals surface area contributed by atoms with Gasteiger partial charge in [-0.2, -0.15) is 0 Å². The highest BCUT2D eigenvalue weighted by Crippen LogP contribution is 2.10.